The van der Waals surface area contributed by atoms with Crippen LogP contribution in [-0.4, -0.2) is 46.2 Å². The minimum Gasteiger partial charge on any atom is -0.550 e. The average molecular weight is 350 g/mol. The second-order valence-corrected chi connectivity index (χ2v) is 4.82. The van der Waals surface area contributed by atoms with Gasteiger partial charge in [-0.05, 0) is 6.42 Å². The van der Waals surface area contributed by atoms with Crippen LogP contribution in [0.25, 0.3) is 0 Å². The van der Waals surface area contributed by atoms with E-state index in [9.17, 15) is 29.4 Å². The van der Waals surface area contributed by atoms with E-state index in [4.69, 9.17) is 21.7 Å². The van der Waals surface area contributed by atoms with E-state index in [2.05, 4.69) is 0 Å². The van der Waals surface area contributed by atoms with E-state index in [0.717, 1.165) is 0 Å². The minimum absolute atomic E-state index is 0. The normalized spacial score (nSPS) is 13.0. The van der Waals surface area contributed by atoms with Crippen LogP contribution in [-0.2, 0) is 19.2 Å². The third-order valence-electron chi connectivity index (χ3n) is 3.07. The Bertz CT molecular complexity index is 405. The Hall–Kier alpha value is -0.200. The first-order valence-corrected chi connectivity index (χ1v) is 5.84. The van der Waals surface area contributed by atoms with Crippen LogP contribution >= 0.6 is 0 Å². The fraction of sp³-hybridized carbons (Fsp3) is 0.636. The van der Waals surface area contributed by atoms with E-state index < -0.39 is 67.1 Å². The van der Waals surface area contributed by atoms with Crippen molar-refractivity contribution in [2.24, 2.45) is 16.9 Å². The largest absolute Gasteiger partial charge is 1.00 e. The van der Waals surface area contributed by atoms with E-state index in [-0.39, 0.29) is 59.1 Å². The summed E-state index contributed by atoms with van der Waals surface area (Å²) in [5.74, 6) is -6.28. The van der Waals surface area contributed by atoms with Crippen LogP contribution in [0.1, 0.15) is 25.7 Å². The summed E-state index contributed by atoms with van der Waals surface area (Å²) in [7, 11) is 0. The van der Waals surface area contributed by atoms with Crippen molar-refractivity contribution >= 4 is 23.9 Å². The van der Waals surface area contributed by atoms with Gasteiger partial charge >= 0.3 is 71.1 Å². The zero-order chi connectivity index (χ0) is 16.8. The summed E-state index contributed by atoms with van der Waals surface area (Å²) in [5, 5.41) is 39.0. The van der Waals surface area contributed by atoms with Crippen molar-refractivity contribution in [3.8, 4) is 0 Å². The van der Waals surface area contributed by atoms with Crippen LogP contribution in [0.4, 0.5) is 0 Å². The molecule has 0 aliphatic rings. The molecule has 120 valence electrons. The SMILES string of the molecule is NC(CC(=O)[O-])C(N)C(CC(=O)[O-])(CC(=O)O)CC(=O)O.[Na+].[Na+]. The van der Waals surface area contributed by atoms with Gasteiger partial charge in [-0.15, -0.1) is 0 Å². The van der Waals surface area contributed by atoms with Gasteiger partial charge in [0.05, 0.1) is 12.8 Å². The quantitative estimate of drug-likeness (QED) is 0.273. The first-order chi connectivity index (χ1) is 9.50. The first kappa shape index (κ1) is 27.6. The summed E-state index contributed by atoms with van der Waals surface area (Å²) in [6, 6.07) is -2.87. The molecule has 0 aliphatic heterocycles. The van der Waals surface area contributed by atoms with Gasteiger partial charge in [0.1, 0.15) is 0 Å². The van der Waals surface area contributed by atoms with Gasteiger partial charge in [0.25, 0.3) is 0 Å². The van der Waals surface area contributed by atoms with Crippen LogP contribution in [0.5, 0.6) is 0 Å². The van der Waals surface area contributed by atoms with Crippen LogP contribution in [0.2, 0.25) is 0 Å². The molecule has 10 nitrogen and oxygen atoms in total. The molecule has 0 fully saturated rings. The molecule has 0 saturated heterocycles. The third kappa shape index (κ3) is 10.3. The Morgan fingerprint density at radius 3 is 1.52 bits per heavy atom. The Kier molecular flexibility index (Phi) is 14.7. The molecule has 12 heteroatoms. The fourth-order valence-corrected chi connectivity index (χ4v) is 2.20. The molecule has 6 N–H and O–H groups in total. The van der Waals surface area contributed by atoms with Crippen molar-refractivity contribution in [1.82, 2.24) is 0 Å². The van der Waals surface area contributed by atoms with Crippen molar-refractivity contribution in [1.29, 1.82) is 0 Å². The molecule has 2 unspecified atom stereocenters. The predicted molar refractivity (Wildman–Crippen MR) is 62.1 cm³/mol. The molecule has 0 rings (SSSR count). The molecule has 0 amide bonds. The standard InChI is InChI=1S/C11H18N2O8.2Na/c12-5(1-6(14)15)10(13)11(2-7(16)17,3-8(18)19)4-9(20)21;;/h5,10H,1-4,12-13H2,(H,14,15)(H,16,17)(H,18,19)(H,20,21);;/q;2*+1/p-2. The van der Waals surface area contributed by atoms with Crippen molar-refractivity contribution in [3.63, 3.8) is 0 Å². The molecule has 23 heavy (non-hydrogen) atoms. The van der Waals surface area contributed by atoms with Gasteiger partial charge in [-0.3, -0.25) is 9.59 Å². The number of hydrogen-bond donors (Lipinski definition) is 4. The number of carboxylic acid groups (broad SMARTS) is 4. The van der Waals surface area contributed by atoms with Crippen molar-refractivity contribution in [3.05, 3.63) is 0 Å². The molecule has 0 heterocycles. The van der Waals surface area contributed by atoms with Gasteiger partial charge in [-0.2, -0.15) is 0 Å². The Balaban J connectivity index is -0.00000200. The molecule has 0 aromatic rings. The molecule has 0 aromatic carbocycles. The van der Waals surface area contributed by atoms with Gasteiger partial charge in [-0.1, -0.05) is 0 Å². The number of carbonyl (C=O) groups is 4. The van der Waals surface area contributed by atoms with Crippen LogP contribution < -0.4 is 80.8 Å². The van der Waals surface area contributed by atoms with Gasteiger partial charge < -0.3 is 41.5 Å². The van der Waals surface area contributed by atoms with Crippen LogP contribution in [0, 0.1) is 5.41 Å². The van der Waals surface area contributed by atoms with Crippen molar-refractivity contribution in [2.75, 3.05) is 0 Å². The minimum atomic E-state index is -1.97. The van der Waals surface area contributed by atoms with Gasteiger partial charge in [0, 0.05) is 35.9 Å². The summed E-state index contributed by atoms with van der Waals surface area (Å²) < 4.78 is 0. The summed E-state index contributed by atoms with van der Waals surface area (Å²) in [6.45, 7) is 0. The number of nitrogens with two attached hydrogens (primary N) is 2. The number of carboxylic acids is 4. The summed E-state index contributed by atoms with van der Waals surface area (Å²) in [4.78, 5) is 43.1. The number of carbonyl (C=O) groups excluding carboxylic acids is 2. The van der Waals surface area contributed by atoms with Crippen LogP contribution in [0.3, 0.4) is 0 Å². The summed E-state index contributed by atoms with van der Waals surface area (Å²) >= 11 is 0. The molecular weight excluding hydrogens is 334 g/mol. The summed E-state index contributed by atoms with van der Waals surface area (Å²) in [5.41, 5.74) is 9.18. The molecule has 0 aliphatic carbocycles. The van der Waals surface area contributed by atoms with Gasteiger partial charge in [-0.25, -0.2) is 0 Å². The van der Waals surface area contributed by atoms with Crippen LogP contribution in [0.15, 0.2) is 0 Å². The Morgan fingerprint density at radius 2 is 1.26 bits per heavy atom. The molecule has 0 saturated carbocycles. The average Bonchev–Trinajstić information content (AvgIpc) is 2.23. The van der Waals surface area contributed by atoms with E-state index in [1.165, 1.54) is 0 Å². The molecule has 0 spiro atoms. The number of hydrogen-bond acceptors (Lipinski definition) is 8. The maximum absolute atomic E-state index is 10.9. The van der Waals surface area contributed by atoms with E-state index >= 15 is 0 Å². The first-order valence-electron chi connectivity index (χ1n) is 5.84. The fourth-order valence-electron chi connectivity index (χ4n) is 2.20. The van der Waals surface area contributed by atoms with Gasteiger partial charge in [0.2, 0.25) is 0 Å². The second-order valence-electron chi connectivity index (χ2n) is 4.82. The monoisotopic (exact) mass is 350 g/mol. The third-order valence-corrected chi connectivity index (χ3v) is 3.07. The maximum atomic E-state index is 10.9. The van der Waals surface area contributed by atoms with E-state index in [0.29, 0.717) is 0 Å². The topological polar surface area (TPSA) is 207 Å². The second kappa shape index (κ2) is 12.2. The molecule has 0 radical (unpaired) electrons. The van der Waals surface area contributed by atoms with Crippen molar-refractivity contribution < 1.29 is 98.7 Å². The summed E-state index contributed by atoms with van der Waals surface area (Å²) in [6.07, 6.45) is -3.56. The predicted octanol–water partition coefficient (Wildman–Crippen LogP) is -10.1. The zero-order valence-electron chi connectivity index (χ0n) is 13.0. The zero-order valence-corrected chi connectivity index (χ0v) is 17.0. The van der Waals surface area contributed by atoms with E-state index in [1.807, 2.05) is 0 Å². The molecule has 0 aromatic heterocycles. The maximum Gasteiger partial charge on any atom is 1.00 e. The number of aliphatic carboxylic acids is 4. The van der Waals surface area contributed by atoms with Gasteiger partial charge in [0.15, 0.2) is 0 Å². The molecule has 0 bridgehead atoms. The smallest absolute Gasteiger partial charge is 0.550 e. The number of rotatable bonds is 10. The molecule has 2 atom stereocenters. The Morgan fingerprint density at radius 1 is 0.870 bits per heavy atom. The molecular formula is C11H16N2Na2O8. The van der Waals surface area contributed by atoms with Crippen molar-refractivity contribution in [2.45, 2.75) is 37.8 Å². The van der Waals surface area contributed by atoms with E-state index in [1.54, 1.807) is 0 Å². The Labute approximate surface area is 176 Å².